The van der Waals surface area contributed by atoms with Gasteiger partial charge in [-0.15, -0.1) is 5.10 Å². The van der Waals surface area contributed by atoms with Crippen LogP contribution in [0.25, 0.3) is 22.3 Å². The molecular weight excluding hydrogens is 599 g/mol. The van der Waals surface area contributed by atoms with Crippen molar-refractivity contribution in [2.75, 3.05) is 37.4 Å². The second kappa shape index (κ2) is 12.1. The molecule has 2 bridgehead atoms. The fourth-order valence-corrected chi connectivity index (χ4v) is 6.50. The number of nitrogen functional groups attached to an aromatic ring is 1. The van der Waals surface area contributed by atoms with E-state index in [1.54, 1.807) is 10.7 Å². The number of halogens is 4. The van der Waals surface area contributed by atoms with Gasteiger partial charge in [-0.1, -0.05) is 11.6 Å². The number of aliphatic hydroxyl groups is 1. The fraction of sp³-hybridized carbons (Fsp3) is 0.517. The van der Waals surface area contributed by atoms with Gasteiger partial charge < -0.3 is 25.0 Å². The Balaban J connectivity index is 0.000000193. The van der Waals surface area contributed by atoms with Gasteiger partial charge in [0.05, 0.1) is 35.1 Å². The molecule has 0 saturated carbocycles. The van der Waals surface area contributed by atoms with Crippen LogP contribution >= 0.6 is 11.6 Å². The Bertz CT molecular complexity index is 1660. The van der Waals surface area contributed by atoms with E-state index in [4.69, 9.17) is 27.1 Å². The molecule has 4 aromatic rings. The zero-order valence-electron chi connectivity index (χ0n) is 24.7. The summed E-state index contributed by atoms with van der Waals surface area (Å²) in [5, 5.41) is 13.7. The minimum atomic E-state index is -2.49. The average Bonchev–Trinajstić information content (AvgIpc) is 3.74. The van der Waals surface area contributed by atoms with Crippen LogP contribution < -0.4 is 15.4 Å². The molecule has 11 nitrogen and oxygen atoms in total. The number of likely N-dealkylation sites (N-methyl/N-ethyl adjacent to an activating group) is 1. The number of nitrogens with zero attached hydrogens (tertiary/aromatic N) is 8. The van der Waals surface area contributed by atoms with E-state index in [1.165, 1.54) is 12.3 Å². The summed E-state index contributed by atoms with van der Waals surface area (Å²) in [6.45, 7) is 5.87. The lowest BCUT2D eigenvalue weighted by atomic mass is 10.1. The predicted molar refractivity (Wildman–Crippen MR) is 161 cm³/mol. The van der Waals surface area contributed by atoms with Crippen molar-refractivity contribution >= 4 is 34.5 Å². The number of rotatable bonds is 6. The maximum absolute atomic E-state index is 15.1. The molecule has 1 aromatic carbocycles. The molecule has 3 aliphatic heterocycles. The van der Waals surface area contributed by atoms with Gasteiger partial charge in [-0.2, -0.15) is 0 Å². The number of benzene rings is 1. The number of aryl methyl sites for hydroxylation is 1. The van der Waals surface area contributed by atoms with E-state index in [-0.39, 0.29) is 17.9 Å². The maximum Gasteiger partial charge on any atom is 0.272 e. The summed E-state index contributed by atoms with van der Waals surface area (Å²) in [6.07, 6.45) is 1.05. The van der Waals surface area contributed by atoms with Crippen molar-refractivity contribution < 1.29 is 23.0 Å². The third kappa shape index (κ3) is 5.89. The number of fused-ring (bicyclic) bond motifs is 4. The molecule has 3 N–H and O–H groups in total. The van der Waals surface area contributed by atoms with E-state index in [0.717, 1.165) is 36.7 Å². The molecule has 3 aliphatic rings. The summed E-state index contributed by atoms with van der Waals surface area (Å²) in [6, 6.07) is 6.02. The summed E-state index contributed by atoms with van der Waals surface area (Å²) in [4.78, 5) is 17.6. The lowest BCUT2D eigenvalue weighted by Crippen LogP contribution is -2.45. The normalized spacial score (nSPS) is 21.3. The van der Waals surface area contributed by atoms with Gasteiger partial charge in [0, 0.05) is 48.5 Å². The van der Waals surface area contributed by atoms with Gasteiger partial charge in [0.2, 0.25) is 17.8 Å². The molecule has 3 atom stereocenters. The first kappa shape index (κ1) is 30.4. The lowest BCUT2D eigenvalue weighted by molar-refractivity contribution is 0.0784. The van der Waals surface area contributed by atoms with Gasteiger partial charge in [0.1, 0.15) is 5.52 Å². The highest BCUT2D eigenvalue weighted by atomic mass is 35.5. The molecule has 3 aromatic heterocycles. The third-order valence-corrected chi connectivity index (χ3v) is 8.65. The van der Waals surface area contributed by atoms with Crippen molar-refractivity contribution in [3.05, 3.63) is 40.9 Å². The van der Waals surface area contributed by atoms with Gasteiger partial charge in [0.25, 0.3) is 6.43 Å². The molecule has 6 heterocycles. The Morgan fingerprint density at radius 2 is 1.93 bits per heavy atom. The number of imidazole rings is 1. The van der Waals surface area contributed by atoms with Crippen LogP contribution in [0.3, 0.4) is 0 Å². The largest absolute Gasteiger partial charge is 0.471 e. The quantitative estimate of drug-likeness (QED) is 0.322. The van der Waals surface area contributed by atoms with E-state index < -0.39 is 25.0 Å². The summed E-state index contributed by atoms with van der Waals surface area (Å²) >= 11 is 6.26. The Kier molecular flexibility index (Phi) is 8.33. The van der Waals surface area contributed by atoms with Gasteiger partial charge in [-0.05, 0) is 52.3 Å². The fourth-order valence-electron chi connectivity index (χ4n) is 6.30. The van der Waals surface area contributed by atoms with Crippen molar-refractivity contribution in [3.8, 4) is 17.1 Å². The minimum absolute atomic E-state index is 0.0974. The molecule has 0 radical (unpaired) electrons. The minimum Gasteiger partial charge on any atom is -0.471 e. The van der Waals surface area contributed by atoms with Crippen molar-refractivity contribution in [2.24, 2.45) is 0 Å². The van der Waals surface area contributed by atoms with Gasteiger partial charge in [-0.3, -0.25) is 9.58 Å². The number of aromatic nitrogens is 6. The summed E-state index contributed by atoms with van der Waals surface area (Å²) in [7, 11) is 2.16. The van der Waals surface area contributed by atoms with Crippen molar-refractivity contribution in [1.29, 1.82) is 0 Å². The maximum atomic E-state index is 15.1. The standard InChI is InChI=1S/C20H23ClFN7.C9H12F2N2O2/c1-10(2)29-16-5-11(17-14(21)7-24-19(23)25-17)4-15(22)18(16)26-20(29)28-9-12-6-13(28)8-27(12)3;10-8(11)5-15-9-3-6-1-2-7(14)4-13(6)12-9/h4-5,7,10,12-13H,6,8-9H2,1-3H3,(H2,23,24,25);3,7-8,14H,1-2,4-5H2/t12?,13-;/m0./s1. The predicted octanol–water partition coefficient (Wildman–Crippen LogP) is 4.18. The van der Waals surface area contributed by atoms with E-state index in [1.807, 2.05) is 6.07 Å². The molecule has 0 amide bonds. The zero-order chi connectivity index (χ0) is 31.3. The highest BCUT2D eigenvalue weighted by molar-refractivity contribution is 6.33. The van der Waals surface area contributed by atoms with Crippen LogP contribution in [0.4, 0.5) is 25.1 Å². The van der Waals surface area contributed by atoms with Gasteiger partial charge in [0.15, 0.2) is 12.4 Å². The summed E-state index contributed by atoms with van der Waals surface area (Å²) in [5.74, 6) is 0.743. The van der Waals surface area contributed by atoms with Crippen LogP contribution in [0.2, 0.25) is 5.02 Å². The number of piperazine rings is 1. The van der Waals surface area contributed by atoms with E-state index in [0.29, 0.717) is 53.3 Å². The Morgan fingerprint density at radius 1 is 1.14 bits per heavy atom. The highest BCUT2D eigenvalue weighted by Crippen LogP contribution is 2.38. The molecule has 2 unspecified atom stereocenters. The van der Waals surface area contributed by atoms with Crippen LogP contribution in [0.15, 0.2) is 24.4 Å². The molecule has 2 saturated heterocycles. The first-order valence-electron chi connectivity index (χ1n) is 14.6. The number of alkyl halides is 2. The van der Waals surface area contributed by atoms with Crippen LogP contribution in [0.5, 0.6) is 5.88 Å². The smallest absolute Gasteiger partial charge is 0.272 e. The lowest BCUT2D eigenvalue weighted by Gasteiger charge is -2.33. The highest BCUT2D eigenvalue weighted by Gasteiger charge is 2.43. The molecule has 44 heavy (non-hydrogen) atoms. The number of likely N-dealkylation sites (tertiary alicyclic amines) is 1. The van der Waals surface area contributed by atoms with Crippen LogP contribution in [-0.4, -0.2) is 90.7 Å². The molecule has 236 valence electrons. The Labute approximate surface area is 257 Å². The summed E-state index contributed by atoms with van der Waals surface area (Å²) in [5.41, 5.74) is 8.72. The van der Waals surface area contributed by atoms with Crippen molar-refractivity contribution in [1.82, 2.24) is 34.2 Å². The van der Waals surface area contributed by atoms with Crippen LogP contribution in [-0.2, 0) is 13.0 Å². The summed E-state index contributed by atoms with van der Waals surface area (Å²) < 4.78 is 47.4. The Morgan fingerprint density at radius 3 is 2.61 bits per heavy atom. The Hall–Kier alpha value is -3.62. The van der Waals surface area contributed by atoms with Gasteiger partial charge >= 0.3 is 0 Å². The average molecular weight is 634 g/mol. The number of nitrogens with two attached hydrogens (primary N) is 1. The van der Waals surface area contributed by atoms with E-state index >= 15 is 4.39 Å². The molecule has 0 spiro atoms. The zero-order valence-corrected chi connectivity index (χ0v) is 25.4. The topological polar surface area (TPSA) is 123 Å². The molecule has 15 heteroatoms. The van der Waals surface area contributed by atoms with Crippen molar-refractivity contribution in [3.63, 3.8) is 0 Å². The molecule has 2 fully saturated rings. The van der Waals surface area contributed by atoms with E-state index in [2.05, 4.69) is 50.3 Å². The second-order valence-electron chi connectivity index (χ2n) is 11.8. The first-order chi connectivity index (χ1) is 21.0. The van der Waals surface area contributed by atoms with Crippen molar-refractivity contribution in [2.45, 2.75) is 70.3 Å². The third-order valence-electron chi connectivity index (χ3n) is 8.37. The van der Waals surface area contributed by atoms with E-state index in [9.17, 15) is 13.9 Å². The molecule has 0 aliphatic carbocycles. The van der Waals surface area contributed by atoms with Gasteiger partial charge in [-0.25, -0.2) is 28.1 Å². The SMILES string of the molecule is CC(C)n1c(N2CC3C[C@H]2CN3C)nc2c(F)cc(-c3nc(N)ncc3Cl)cc21.OC1CCc2cc(OCC(F)F)nn2C1. The monoisotopic (exact) mass is 633 g/mol. The number of ether oxygens (including phenoxy) is 1. The number of hydrogen-bond acceptors (Lipinski definition) is 9. The van der Waals surface area contributed by atoms with Crippen LogP contribution in [0, 0.1) is 5.82 Å². The number of anilines is 2. The molecule has 7 rings (SSSR count). The second-order valence-corrected chi connectivity index (χ2v) is 12.2. The molecular formula is C29H35ClF3N9O2. The number of aliphatic hydroxyl groups excluding tert-OH is 1. The van der Waals surface area contributed by atoms with Crippen LogP contribution in [0.1, 0.15) is 38.4 Å². The first-order valence-corrected chi connectivity index (χ1v) is 15.0. The number of hydrogen-bond donors (Lipinski definition) is 2.